The van der Waals surface area contributed by atoms with Crippen LogP contribution in [-0.2, 0) is 9.59 Å². The Morgan fingerprint density at radius 1 is 1.22 bits per heavy atom. The number of allylic oxidation sites excluding steroid dienone is 6. The van der Waals surface area contributed by atoms with E-state index in [2.05, 4.69) is 19.1 Å². The van der Waals surface area contributed by atoms with Crippen LogP contribution in [0.5, 0.6) is 0 Å². The van der Waals surface area contributed by atoms with E-state index in [0.717, 1.165) is 25.7 Å². The molecule has 1 atom stereocenters. The highest BCUT2D eigenvalue weighted by Gasteiger charge is 2.15. The molecular weight excluding hydrogens is 288 g/mol. The highest BCUT2D eigenvalue weighted by atomic mass is 16.4. The van der Waals surface area contributed by atoms with Crippen molar-refractivity contribution in [2.75, 3.05) is 0 Å². The van der Waals surface area contributed by atoms with Crippen LogP contribution < -0.4 is 0 Å². The molecule has 0 spiro atoms. The number of carbonyl (C=O) groups is 2. The van der Waals surface area contributed by atoms with E-state index in [-0.39, 0.29) is 18.1 Å². The summed E-state index contributed by atoms with van der Waals surface area (Å²) >= 11 is 0. The molecule has 1 rings (SSSR count). The normalized spacial score (nSPS) is 17.0. The molecule has 0 aromatic heterocycles. The molecule has 1 unspecified atom stereocenters. The van der Waals surface area contributed by atoms with Crippen LogP contribution >= 0.6 is 0 Å². The SMILES string of the molecule is C/C=C\CCCC(=O)O.CCCCCC/C=C/C1CC=CC1=O. The summed E-state index contributed by atoms with van der Waals surface area (Å²) in [7, 11) is 0. The summed E-state index contributed by atoms with van der Waals surface area (Å²) in [4.78, 5) is 21.1. The number of ketones is 1. The van der Waals surface area contributed by atoms with Crippen LogP contribution in [0, 0.1) is 5.92 Å². The van der Waals surface area contributed by atoms with Gasteiger partial charge < -0.3 is 5.11 Å². The first kappa shape index (κ1) is 21.4. The Morgan fingerprint density at radius 2 is 1.96 bits per heavy atom. The standard InChI is InChI=1S/C13H20O.C7H12O2/c1-2-3-4-5-6-7-9-12-10-8-11-13(12)14;1-2-3-4-5-6-7(8)9/h7-9,11-12H,2-6,10H2,1H3;2-3H,4-6H2,1H3,(H,8,9)/b9-7+;3-2-. The van der Waals surface area contributed by atoms with Gasteiger partial charge in [0.15, 0.2) is 5.78 Å². The van der Waals surface area contributed by atoms with Gasteiger partial charge in [0.1, 0.15) is 0 Å². The van der Waals surface area contributed by atoms with E-state index >= 15 is 0 Å². The molecule has 0 fully saturated rings. The third-order valence-electron chi connectivity index (χ3n) is 3.63. The molecule has 0 aliphatic heterocycles. The summed E-state index contributed by atoms with van der Waals surface area (Å²) in [6.07, 6.45) is 21.0. The number of rotatable bonds is 10. The van der Waals surface area contributed by atoms with Gasteiger partial charge >= 0.3 is 5.97 Å². The quantitative estimate of drug-likeness (QED) is 0.428. The third-order valence-corrected chi connectivity index (χ3v) is 3.63. The van der Waals surface area contributed by atoms with Crippen molar-refractivity contribution in [2.24, 2.45) is 5.92 Å². The second-order valence-corrected chi connectivity index (χ2v) is 5.78. The average molecular weight is 320 g/mol. The lowest BCUT2D eigenvalue weighted by Gasteiger charge is -1.99. The summed E-state index contributed by atoms with van der Waals surface area (Å²) in [5, 5.41) is 8.19. The number of carbonyl (C=O) groups excluding carboxylic acids is 1. The topological polar surface area (TPSA) is 54.4 Å². The summed E-state index contributed by atoms with van der Waals surface area (Å²) < 4.78 is 0. The number of aliphatic carboxylic acids is 1. The van der Waals surface area contributed by atoms with Crippen molar-refractivity contribution in [3.05, 3.63) is 36.5 Å². The molecule has 23 heavy (non-hydrogen) atoms. The molecule has 3 nitrogen and oxygen atoms in total. The molecule has 0 saturated carbocycles. The van der Waals surface area contributed by atoms with E-state index in [9.17, 15) is 9.59 Å². The predicted molar refractivity (Wildman–Crippen MR) is 96.5 cm³/mol. The molecular formula is C20H32O3. The molecule has 1 N–H and O–H groups in total. The molecule has 0 heterocycles. The minimum absolute atomic E-state index is 0.154. The largest absolute Gasteiger partial charge is 0.481 e. The zero-order valence-electron chi connectivity index (χ0n) is 14.7. The fourth-order valence-electron chi connectivity index (χ4n) is 2.23. The minimum Gasteiger partial charge on any atom is -0.481 e. The molecule has 0 radical (unpaired) electrons. The minimum atomic E-state index is -0.709. The fourth-order valence-corrected chi connectivity index (χ4v) is 2.23. The molecule has 1 aliphatic carbocycles. The Morgan fingerprint density at radius 3 is 2.52 bits per heavy atom. The van der Waals surface area contributed by atoms with E-state index < -0.39 is 5.97 Å². The van der Waals surface area contributed by atoms with Crippen molar-refractivity contribution in [1.82, 2.24) is 0 Å². The Labute approximate surface area is 141 Å². The Balaban J connectivity index is 0.000000468. The molecule has 0 aromatic rings. The van der Waals surface area contributed by atoms with Crippen molar-refractivity contribution in [2.45, 2.75) is 71.6 Å². The number of hydrogen-bond acceptors (Lipinski definition) is 2. The van der Waals surface area contributed by atoms with Crippen LogP contribution in [-0.4, -0.2) is 16.9 Å². The second-order valence-electron chi connectivity index (χ2n) is 5.78. The van der Waals surface area contributed by atoms with Crippen molar-refractivity contribution in [3.8, 4) is 0 Å². The molecule has 0 amide bonds. The molecule has 0 aromatic carbocycles. The van der Waals surface area contributed by atoms with Crippen LogP contribution in [0.4, 0.5) is 0 Å². The zero-order valence-corrected chi connectivity index (χ0v) is 14.7. The van der Waals surface area contributed by atoms with E-state index in [0.29, 0.717) is 0 Å². The van der Waals surface area contributed by atoms with Crippen molar-refractivity contribution >= 4 is 11.8 Å². The van der Waals surface area contributed by atoms with Crippen LogP contribution in [0.3, 0.4) is 0 Å². The highest BCUT2D eigenvalue weighted by molar-refractivity contribution is 5.95. The van der Waals surface area contributed by atoms with Gasteiger partial charge in [-0.05, 0) is 45.1 Å². The Hall–Kier alpha value is -1.64. The molecule has 1 aliphatic rings. The van der Waals surface area contributed by atoms with Gasteiger partial charge in [0.05, 0.1) is 0 Å². The number of carboxylic acid groups (broad SMARTS) is 1. The fraction of sp³-hybridized carbons (Fsp3) is 0.600. The van der Waals surface area contributed by atoms with Gasteiger partial charge in [-0.25, -0.2) is 0 Å². The lowest BCUT2D eigenvalue weighted by Crippen LogP contribution is -2.01. The van der Waals surface area contributed by atoms with Crippen LogP contribution in [0.15, 0.2) is 36.5 Å². The number of unbranched alkanes of at least 4 members (excludes halogenated alkanes) is 5. The van der Waals surface area contributed by atoms with E-state index in [4.69, 9.17) is 5.11 Å². The Kier molecular flexibility index (Phi) is 14.2. The van der Waals surface area contributed by atoms with Gasteiger partial charge in [0.2, 0.25) is 0 Å². The molecule has 0 saturated heterocycles. The molecule has 3 heteroatoms. The first-order valence-electron chi connectivity index (χ1n) is 8.81. The lowest BCUT2D eigenvalue weighted by molar-refractivity contribution is -0.137. The average Bonchev–Trinajstić information content (AvgIpc) is 2.93. The molecule has 130 valence electrons. The monoisotopic (exact) mass is 320 g/mol. The summed E-state index contributed by atoms with van der Waals surface area (Å²) in [5.74, 6) is -0.282. The number of carboxylic acids is 1. The van der Waals surface area contributed by atoms with E-state index in [1.54, 1.807) is 6.08 Å². The maximum absolute atomic E-state index is 11.2. The van der Waals surface area contributed by atoms with Gasteiger partial charge in [0.25, 0.3) is 0 Å². The smallest absolute Gasteiger partial charge is 0.303 e. The van der Waals surface area contributed by atoms with Gasteiger partial charge in [-0.2, -0.15) is 0 Å². The van der Waals surface area contributed by atoms with Crippen molar-refractivity contribution in [1.29, 1.82) is 0 Å². The van der Waals surface area contributed by atoms with E-state index in [1.807, 2.05) is 25.2 Å². The maximum Gasteiger partial charge on any atom is 0.303 e. The Bertz CT molecular complexity index is 405. The van der Waals surface area contributed by atoms with Crippen molar-refractivity contribution < 1.29 is 14.7 Å². The summed E-state index contributed by atoms with van der Waals surface area (Å²) in [6.45, 7) is 4.15. The van der Waals surface area contributed by atoms with Gasteiger partial charge in [0, 0.05) is 12.3 Å². The molecule has 0 bridgehead atoms. The van der Waals surface area contributed by atoms with Gasteiger partial charge in [-0.3, -0.25) is 9.59 Å². The van der Waals surface area contributed by atoms with Crippen LogP contribution in [0.1, 0.15) is 71.6 Å². The highest BCUT2D eigenvalue weighted by Crippen LogP contribution is 2.16. The number of hydrogen-bond donors (Lipinski definition) is 1. The second kappa shape index (κ2) is 15.3. The predicted octanol–water partition coefficient (Wildman–Crippen LogP) is 5.48. The third kappa shape index (κ3) is 13.7. The van der Waals surface area contributed by atoms with Crippen LogP contribution in [0.25, 0.3) is 0 Å². The van der Waals surface area contributed by atoms with Gasteiger partial charge in [-0.15, -0.1) is 0 Å². The summed E-state index contributed by atoms with van der Waals surface area (Å²) in [6, 6.07) is 0. The zero-order chi connectivity index (χ0) is 17.3. The first-order valence-corrected chi connectivity index (χ1v) is 8.81. The lowest BCUT2D eigenvalue weighted by atomic mass is 10.0. The van der Waals surface area contributed by atoms with Crippen molar-refractivity contribution in [3.63, 3.8) is 0 Å². The maximum atomic E-state index is 11.2. The summed E-state index contributed by atoms with van der Waals surface area (Å²) in [5.41, 5.74) is 0. The first-order chi connectivity index (χ1) is 11.1. The van der Waals surface area contributed by atoms with Crippen LogP contribution in [0.2, 0.25) is 0 Å². The van der Waals surface area contributed by atoms with Gasteiger partial charge in [-0.1, -0.05) is 56.6 Å². The van der Waals surface area contributed by atoms with E-state index in [1.165, 1.54) is 25.7 Å².